The van der Waals surface area contributed by atoms with E-state index in [1.807, 2.05) is 19.1 Å². The average molecular weight is 244 g/mol. The molecule has 0 aliphatic rings. The zero-order valence-electron chi connectivity index (χ0n) is 10.8. The van der Waals surface area contributed by atoms with Gasteiger partial charge in [-0.2, -0.15) is 5.10 Å². The molecule has 0 bridgehead atoms. The van der Waals surface area contributed by atoms with Gasteiger partial charge in [0.25, 0.3) is 0 Å². The maximum absolute atomic E-state index is 10.7. The Hall–Kier alpha value is -2.10. The first-order valence-electron chi connectivity index (χ1n) is 5.81. The van der Waals surface area contributed by atoms with Crippen LogP contribution in [0, 0.1) is 20.8 Å². The van der Waals surface area contributed by atoms with E-state index in [1.54, 1.807) is 6.20 Å². The molecule has 18 heavy (non-hydrogen) atoms. The summed E-state index contributed by atoms with van der Waals surface area (Å²) in [6, 6.07) is 6.11. The van der Waals surface area contributed by atoms with Crippen molar-refractivity contribution in [2.75, 3.05) is 0 Å². The van der Waals surface area contributed by atoms with Crippen LogP contribution in [0.1, 0.15) is 16.8 Å². The van der Waals surface area contributed by atoms with Gasteiger partial charge in [0.05, 0.1) is 6.20 Å². The number of rotatable bonds is 3. The minimum atomic E-state index is -0.881. The summed E-state index contributed by atoms with van der Waals surface area (Å²) in [6.07, 6.45) is 1.74. The lowest BCUT2D eigenvalue weighted by Crippen LogP contribution is -2.11. The Kier molecular flexibility index (Phi) is 3.19. The van der Waals surface area contributed by atoms with Gasteiger partial charge in [0.2, 0.25) is 0 Å². The zero-order chi connectivity index (χ0) is 13.3. The second kappa shape index (κ2) is 4.64. The van der Waals surface area contributed by atoms with Gasteiger partial charge < -0.3 is 5.11 Å². The number of hydrogen-bond acceptors (Lipinski definition) is 2. The van der Waals surface area contributed by atoms with Gasteiger partial charge in [-0.15, -0.1) is 0 Å². The van der Waals surface area contributed by atoms with Crippen LogP contribution < -0.4 is 0 Å². The molecule has 4 heteroatoms. The van der Waals surface area contributed by atoms with Crippen LogP contribution in [-0.4, -0.2) is 20.9 Å². The molecule has 1 aromatic heterocycles. The van der Waals surface area contributed by atoms with E-state index in [0.29, 0.717) is 0 Å². The average Bonchev–Trinajstić information content (AvgIpc) is 2.64. The fraction of sp³-hybridized carbons (Fsp3) is 0.286. The summed E-state index contributed by atoms with van der Waals surface area (Å²) < 4.78 is 1.51. The van der Waals surface area contributed by atoms with Gasteiger partial charge in [-0.25, -0.2) is 0 Å². The molecule has 0 amide bonds. The number of nitrogens with zero attached hydrogens (tertiary/aromatic N) is 2. The minimum absolute atomic E-state index is 0.100. The standard InChI is InChI=1S/C14H16N2O2/c1-9-5-4-6-12(10(9)2)13-7-15-16(11(13)3)8-14(17)18/h4-7H,8H2,1-3H3,(H,17,18). The Bertz CT molecular complexity index is 600. The molecule has 1 aromatic carbocycles. The number of aryl methyl sites for hydroxylation is 1. The fourth-order valence-corrected chi connectivity index (χ4v) is 2.04. The van der Waals surface area contributed by atoms with E-state index in [1.165, 1.54) is 15.8 Å². The molecule has 0 fully saturated rings. The second-order valence-electron chi connectivity index (χ2n) is 4.44. The van der Waals surface area contributed by atoms with Crippen molar-refractivity contribution in [3.63, 3.8) is 0 Å². The number of carboxylic acid groups (broad SMARTS) is 1. The summed E-state index contributed by atoms with van der Waals surface area (Å²) in [7, 11) is 0. The van der Waals surface area contributed by atoms with E-state index in [-0.39, 0.29) is 6.54 Å². The van der Waals surface area contributed by atoms with E-state index in [0.717, 1.165) is 16.8 Å². The van der Waals surface area contributed by atoms with Crippen molar-refractivity contribution in [3.8, 4) is 11.1 Å². The van der Waals surface area contributed by atoms with Crippen LogP contribution in [0.4, 0.5) is 0 Å². The van der Waals surface area contributed by atoms with Crippen LogP contribution in [0.2, 0.25) is 0 Å². The molecular weight excluding hydrogens is 228 g/mol. The molecule has 4 nitrogen and oxygen atoms in total. The SMILES string of the molecule is Cc1cccc(-c2cnn(CC(=O)O)c2C)c1C. The van der Waals surface area contributed by atoms with Crippen molar-refractivity contribution in [2.45, 2.75) is 27.3 Å². The zero-order valence-corrected chi connectivity index (χ0v) is 10.8. The second-order valence-corrected chi connectivity index (χ2v) is 4.44. The van der Waals surface area contributed by atoms with Crippen LogP contribution in [0.5, 0.6) is 0 Å². The number of carboxylic acids is 1. The fourth-order valence-electron chi connectivity index (χ4n) is 2.04. The van der Waals surface area contributed by atoms with Crippen molar-refractivity contribution < 1.29 is 9.90 Å². The Morgan fingerprint density at radius 1 is 1.28 bits per heavy atom. The normalized spacial score (nSPS) is 10.6. The lowest BCUT2D eigenvalue weighted by molar-refractivity contribution is -0.137. The topological polar surface area (TPSA) is 55.1 Å². The van der Waals surface area contributed by atoms with Crippen LogP contribution in [0.3, 0.4) is 0 Å². The van der Waals surface area contributed by atoms with E-state index < -0.39 is 5.97 Å². The molecule has 1 heterocycles. The van der Waals surface area contributed by atoms with Gasteiger partial charge in [0.15, 0.2) is 0 Å². The van der Waals surface area contributed by atoms with Gasteiger partial charge in [0.1, 0.15) is 6.54 Å². The minimum Gasteiger partial charge on any atom is -0.480 e. The van der Waals surface area contributed by atoms with Crippen LogP contribution >= 0.6 is 0 Å². The van der Waals surface area contributed by atoms with Gasteiger partial charge in [0, 0.05) is 11.3 Å². The predicted molar refractivity (Wildman–Crippen MR) is 69.5 cm³/mol. The highest BCUT2D eigenvalue weighted by Crippen LogP contribution is 2.27. The van der Waals surface area contributed by atoms with Crippen LogP contribution in [-0.2, 0) is 11.3 Å². The van der Waals surface area contributed by atoms with Gasteiger partial charge in [-0.1, -0.05) is 18.2 Å². The molecule has 2 aromatic rings. The number of hydrogen-bond donors (Lipinski definition) is 1. The molecule has 0 atom stereocenters. The monoisotopic (exact) mass is 244 g/mol. The van der Waals surface area contributed by atoms with E-state index in [2.05, 4.69) is 25.0 Å². The molecule has 0 aliphatic carbocycles. The van der Waals surface area contributed by atoms with Crippen molar-refractivity contribution in [2.24, 2.45) is 0 Å². The molecule has 1 N–H and O–H groups in total. The number of aromatic nitrogens is 2. The van der Waals surface area contributed by atoms with E-state index >= 15 is 0 Å². The van der Waals surface area contributed by atoms with Crippen LogP contribution in [0.15, 0.2) is 24.4 Å². The molecule has 0 saturated heterocycles. The van der Waals surface area contributed by atoms with Gasteiger partial charge >= 0.3 is 5.97 Å². The smallest absolute Gasteiger partial charge is 0.325 e. The molecule has 94 valence electrons. The van der Waals surface area contributed by atoms with Gasteiger partial charge in [-0.05, 0) is 37.5 Å². The van der Waals surface area contributed by atoms with E-state index in [9.17, 15) is 4.79 Å². The first kappa shape index (κ1) is 12.4. The summed E-state index contributed by atoms with van der Waals surface area (Å²) in [4.78, 5) is 10.7. The summed E-state index contributed by atoms with van der Waals surface area (Å²) in [5.74, 6) is -0.881. The summed E-state index contributed by atoms with van der Waals surface area (Å²) in [5.41, 5.74) is 5.42. The van der Waals surface area contributed by atoms with Crippen LogP contribution in [0.25, 0.3) is 11.1 Å². The Labute approximate surface area is 106 Å². The molecule has 0 saturated carbocycles. The predicted octanol–water partition coefficient (Wildman–Crippen LogP) is 2.56. The highest BCUT2D eigenvalue weighted by molar-refractivity contribution is 5.71. The van der Waals surface area contributed by atoms with Crippen molar-refractivity contribution in [1.82, 2.24) is 9.78 Å². The maximum Gasteiger partial charge on any atom is 0.325 e. The highest BCUT2D eigenvalue weighted by Gasteiger charge is 2.12. The lowest BCUT2D eigenvalue weighted by atomic mass is 9.98. The largest absolute Gasteiger partial charge is 0.480 e. The third kappa shape index (κ3) is 2.14. The van der Waals surface area contributed by atoms with E-state index in [4.69, 9.17) is 5.11 Å². The van der Waals surface area contributed by atoms with Crippen molar-refractivity contribution in [3.05, 3.63) is 41.2 Å². The number of carbonyl (C=O) groups is 1. The Morgan fingerprint density at radius 2 is 2.00 bits per heavy atom. The maximum atomic E-state index is 10.7. The first-order chi connectivity index (χ1) is 8.50. The number of aliphatic carboxylic acids is 1. The Balaban J connectivity index is 2.49. The quantitative estimate of drug-likeness (QED) is 0.902. The van der Waals surface area contributed by atoms with Crippen molar-refractivity contribution in [1.29, 1.82) is 0 Å². The summed E-state index contributed by atoms with van der Waals surface area (Å²) in [6.45, 7) is 5.93. The van der Waals surface area contributed by atoms with Gasteiger partial charge in [-0.3, -0.25) is 9.48 Å². The molecule has 0 spiro atoms. The molecule has 0 radical (unpaired) electrons. The Morgan fingerprint density at radius 3 is 2.67 bits per heavy atom. The molecular formula is C14H16N2O2. The summed E-state index contributed by atoms with van der Waals surface area (Å²) in [5, 5.41) is 12.9. The lowest BCUT2D eigenvalue weighted by Gasteiger charge is -2.08. The molecule has 0 aliphatic heterocycles. The molecule has 0 unspecified atom stereocenters. The third-order valence-corrected chi connectivity index (χ3v) is 3.28. The first-order valence-corrected chi connectivity index (χ1v) is 5.81. The van der Waals surface area contributed by atoms with Crippen molar-refractivity contribution >= 4 is 5.97 Å². The number of benzene rings is 1. The molecule has 2 rings (SSSR count). The highest BCUT2D eigenvalue weighted by atomic mass is 16.4. The summed E-state index contributed by atoms with van der Waals surface area (Å²) >= 11 is 0. The third-order valence-electron chi connectivity index (χ3n) is 3.28.